The number of likely N-dealkylation sites (tertiary alicyclic amines) is 1. The van der Waals surface area contributed by atoms with Gasteiger partial charge in [0.05, 0.1) is 21.7 Å². The van der Waals surface area contributed by atoms with E-state index >= 15 is 0 Å². The maximum absolute atomic E-state index is 12.4. The van der Waals surface area contributed by atoms with E-state index in [2.05, 4.69) is 34.0 Å². The number of carbonyl (C=O) groups excluding carboxylic acids is 2. The van der Waals surface area contributed by atoms with Crippen LogP contribution < -0.4 is 14.8 Å². The quantitative estimate of drug-likeness (QED) is 0.369. The minimum atomic E-state index is -0.506. The summed E-state index contributed by atoms with van der Waals surface area (Å²) in [4.78, 5) is 26.3. The van der Waals surface area contributed by atoms with Crippen LogP contribution in [-0.2, 0) is 4.74 Å². The van der Waals surface area contributed by atoms with Crippen molar-refractivity contribution in [3.8, 4) is 17.6 Å². The Hall–Kier alpha value is -3.00. The minimum absolute atomic E-state index is 0.00726. The van der Waals surface area contributed by atoms with Crippen LogP contribution in [-0.4, -0.2) is 54.8 Å². The van der Waals surface area contributed by atoms with E-state index in [0.717, 1.165) is 16.4 Å². The molecule has 35 heavy (non-hydrogen) atoms. The number of halogens is 1. The molecule has 1 fully saturated rings. The molecule has 1 heterocycles. The zero-order valence-electron chi connectivity index (χ0n) is 20.2. The van der Waals surface area contributed by atoms with Crippen LogP contribution in [0.4, 0.5) is 4.79 Å². The standard InChI is InChI=1S/C26H30IN3O5/c1-26(2,3)35-25(32)30-13-10-21(11-14-30)34-20-7-5-19(6-8-20)24(31)29-12-15-33-23-16-18(17-28)4-9-22(23)27/h4-9,16,21H,10-15H2,1-3H3,(H,29,31). The number of nitriles is 1. The third-order valence-corrected chi connectivity index (χ3v) is 6.11. The predicted molar refractivity (Wildman–Crippen MR) is 140 cm³/mol. The van der Waals surface area contributed by atoms with Crippen LogP contribution in [0, 0.1) is 14.9 Å². The summed E-state index contributed by atoms with van der Waals surface area (Å²) in [5, 5.41) is 11.8. The van der Waals surface area contributed by atoms with Crippen molar-refractivity contribution in [2.24, 2.45) is 0 Å². The molecule has 1 aliphatic heterocycles. The lowest BCUT2D eigenvalue weighted by molar-refractivity contribution is 0.0126. The fraction of sp³-hybridized carbons (Fsp3) is 0.423. The Morgan fingerprint density at radius 3 is 2.46 bits per heavy atom. The Morgan fingerprint density at radius 2 is 1.83 bits per heavy atom. The molecular formula is C26H30IN3O5. The number of nitrogens with zero attached hydrogens (tertiary/aromatic N) is 2. The molecule has 1 N–H and O–H groups in total. The number of hydrogen-bond acceptors (Lipinski definition) is 6. The average molecular weight is 591 g/mol. The second-order valence-corrected chi connectivity index (χ2v) is 10.3. The number of rotatable bonds is 7. The van der Waals surface area contributed by atoms with Gasteiger partial charge in [0.15, 0.2) is 0 Å². The molecule has 0 aromatic heterocycles. The van der Waals surface area contributed by atoms with E-state index < -0.39 is 5.60 Å². The van der Waals surface area contributed by atoms with Gasteiger partial charge in [0.25, 0.3) is 5.91 Å². The van der Waals surface area contributed by atoms with Gasteiger partial charge < -0.3 is 24.4 Å². The van der Waals surface area contributed by atoms with Crippen LogP contribution >= 0.6 is 22.6 Å². The molecule has 2 amide bonds. The van der Waals surface area contributed by atoms with Gasteiger partial charge in [-0.25, -0.2) is 4.79 Å². The molecule has 0 aliphatic carbocycles. The Kier molecular flexibility index (Phi) is 9.20. The van der Waals surface area contributed by atoms with Crippen LogP contribution in [0.2, 0.25) is 0 Å². The van der Waals surface area contributed by atoms with Gasteiger partial charge in [-0.05, 0) is 85.8 Å². The van der Waals surface area contributed by atoms with E-state index in [0.29, 0.717) is 48.9 Å². The first-order valence-electron chi connectivity index (χ1n) is 11.5. The second-order valence-electron chi connectivity index (χ2n) is 9.17. The largest absolute Gasteiger partial charge is 0.491 e. The molecule has 3 rings (SSSR count). The zero-order valence-corrected chi connectivity index (χ0v) is 22.3. The van der Waals surface area contributed by atoms with E-state index in [-0.39, 0.29) is 18.1 Å². The van der Waals surface area contributed by atoms with E-state index in [9.17, 15) is 9.59 Å². The molecule has 9 heteroatoms. The second kappa shape index (κ2) is 12.1. The van der Waals surface area contributed by atoms with Crippen molar-refractivity contribution in [1.29, 1.82) is 5.26 Å². The number of ether oxygens (including phenoxy) is 3. The first kappa shape index (κ1) is 26.6. The Labute approximate surface area is 219 Å². The third-order valence-electron chi connectivity index (χ3n) is 5.22. The molecule has 186 valence electrons. The number of hydrogen-bond donors (Lipinski definition) is 1. The van der Waals surface area contributed by atoms with Gasteiger partial charge in [0.1, 0.15) is 29.8 Å². The van der Waals surface area contributed by atoms with E-state index in [1.165, 1.54) is 0 Å². The molecule has 8 nitrogen and oxygen atoms in total. The Bertz CT molecular complexity index is 1070. The van der Waals surface area contributed by atoms with E-state index in [1.807, 2.05) is 26.8 Å². The first-order valence-corrected chi connectivity index (χ1v) is 12.6. The highest BCUT2D eigenvalue weighted by Gasteiger charge is 2.27. The van der Waals surface area contributed by atoms with Gasteiger partial charge in [-0.15, -0.1) is 0 Å². The van der Waals surface area contributed by atoms with Gasteiger partial charge in [-0.3, -0.25) is 4.79 Å². The molecule has 0 radical (unpaired) electrons. The smallest absolute Gasteiger partial charge is 0.410 e. The SMILES string of the molecule is CC(C)(C)OC(=O)N1CCC(Oc2ccc(C(=O)NCCOc3cc(C#N)ccc3I)cc2)CC1. The molecule has 2 aromatic carbocycles. The highest BCUT2D eigenvalue weighted by atomic mass is 127. The predicted octanol–water partition coefficient (Wildman–Crippen LogP) is 4.75. The molecule has 1 aliphatic rings. The monoisotopic (exact) mass is 591 g/mol. The minimum Gasteiger partial charge on any atom is -0.491 e. The molecule has 1 saturated heterocycles. The van der Waals surface area contributed by atoms with E-state index in [4.69, 9.17) is 19.5 Å². The van der Waals surface area contributed by atoms with Crippen LogP contribution in [0.5, 0.6) is 11.5 Å². The summed E-state index contributed by atoms with van der Waals surface area (Å²) in [6.45, 7) is 7.37. The fourth-order valence-electron chi connectivity index (χ4n) is 3.47. The van der Waals surface area contributed by atoms with Crippen molar-refractivity contribution >= 4 is 34.6 Å². The number of nitrogens with one attached hydrogen (secondary N) is 1. The van der Waals surface area contributed by atoms with Crippen LogP contribution in [0.3, 0.4) is 0 Å². The fourth-order valence-corrected chi connectivity index (χ4v) is 3.96. The lowest BCUT2D eigenvalue weighted by Gasteiger charge is -2.33. The molecule has 0 atom stereocenters. The van der Waals surface area contributed by atoms with Crippen molar-refractivity contribution in [3.05, 3.63) is 57.2 Å². The summed E-state index contributed by atoms with van der Waals surface area (Å²) >= 11 is 2.14. The summed E-state index contributed by atoms with van der Waals surface area (Å²) in [6.07, 6.45) is 1.16. The summed E-state index contributed by atoms with van der Waals surface area (Å²) in [5.41, 5.74) is 0.548. The van der Waals surface area contributed by atoms with Crippen molar-refractivity contribution in [1.82, 2.24) is 10.2 Å². The van der Waals surface area contributed by atoms with Crippen LogP contribution in [0.1, 0.15) is 49.5 Å². The van der Waals surface area contributed by atoms with Crippen LogP contribution in [0.15, 0.2) is 42.5 Å². The Morgan fingerprint density at radius 1 is 1.14 bits per heavy atom. The molecular weight excluding hydrogens is 561 g/mol. The summed E-state index contributed by atoms with van der Waals surface area (Å²) in [5.74, 6) is 1.11. The molecule has 0 saturated carbocycles. The van der Waals surface area contributed by atoms with Gasteiger partial charge in [0, 0.05) is 31.5 Å². The summed E-state index contributed by atoms with van der Waals surface area (Å²) in [7, 11) is 0. The number of amides is 2. The molecule has 0 unspecified atom stereocenters. The van der Waals surface area contributed by atoms with Crippen molar-refractivity contribution < 1.29 is 23.8 Å². The average Bonchev–Trinajstić information content (AvgIpc) is 2.82. The molecule has 0 bridgehead atoms. The number of benzene rings is 2. The lowest BCUT2D eigenvalue weighted by atomic mass is 10.1. The zero-order chi connectivity index (χ0) is 25.4. The Balaban J connectivity index is 1.40. The van der Waals surface area contributed by atoms with Gasteiger partial charge in [-0.1, -0.05) is 0 Å². The molecule has 0 spiro atoms. The highest BCUT2D eigenvalue weighted by molar-refractivity contribution is 14.1. The maximum Gasteiger partial charge on any atom is 0.410 e. The van der Waals surface area contributed by atoms with Crippen molar-refractivity contribution in [2.45, 2.75) is 45.3 Å². The normalized spacial score (nSPS) is 14.1. The van der Waals surface area contributed by atoms with Crippen molar-refractivity contribution in [2.75, 3.05) is 26.2 Å². The number of carbonyl (C=O) groups is 2. The summed E-state index contributed by atoms with van der Waals surface area (Å²) < 4.78 is 18.1. The highest BCUT2D eigenvalue weighted by Crippen LogP contribution is 2.23. The van der Waals surface area contributed by atoms with Gasteiger partial charge in [0.2, 0.25) is 0 Å². The number of piperidine rings is 1. The lowest BCUT2D eigenvalue weighted by Crippen LogP contribution is -2.44. The third kappa shape index (κ3) is 8.31. The van der Waals surface area contributed by atoms with E-state index in [1.54, 1.807) is 41.3 Å². The first-order chi connectivity index (χ1) is 16.6. The van der Waals surface area contributed by atoms with Crippen molar-refractivity contribution in [3.63, 3.8) is 0 Å². The maximum atomic E-state index is 12.4. The van der Waals surface area contributed by atoms with Crippen LogP contribution in [0.25, 0.3) is 0 Å². The topological polar surface area (TPSA) is 101 Å². The van der Waals surface area contributed by atoms with Gasteiger partial charge >= 0.3 is 6.09 Å². The summed E-state index contributed by atoms with van der Waals surface area (Å²) in [6, 6.07) is 14.3. The van der Waals surface area contributed by atoms with Gasteiger partial charge in [-0.2, -0.15) is 5.26 Å². The molecule has 2 aromatic rings.